The van der Waals surface area contributed by atoms with E-state index in [-0.39, 0.29) is 24.0 Å². The number of nitrogens with zero attached hydrogens (tertiary/aromatic N) is 4. The third-order valence-electron chi connectivity index (χ3n) is 5.43. The molecular formula is C20H34ClIN6. The van der Waals surface area contributed by atoms with E-state index in [4.69, 9.17) is 11.6 Å². The normalized spacial score (nSPS) is 21.9. The zero-order chi connectivity index (χ0) is 19.1. The first-order chi connectivity index (χ1) is 13.2. The predicted octanol–water partition coefficient (Wildman–Crippen LogP) is 3.22. The Kier molecular flexibility index (Phi) is 10.1. The Labute approximate surface area is 191 Å². The lowest BCUT2D eigenvalue weighted by Crippen LogP contribution is -2.46. The number of hydrogen-bond acceptors (Lipinski definition) is 4. The van der Waals surface area contributed by atoms with Gasteiger partial charge in [-0.2, -0.15) is 0 Å². The van der Waals surface area contributed by atoms with Crippen LogP contribution in [-0.2, 0) is 0 Å². The fraction of sp³-hybridized carbons (Fsp3) is 0.700. The Bertz CT molecular complexity index is 622. The Hall–Kier alpha value is -0.800. The highest BCUT2D eigenvalue weighted by Gasteiger charge is 2.25. The molecule has 0 spiro atoms. The molecule has 2 N–H and O–H groups in total. The lowest BCUT2D eigenvalue weighted by Gasteiger charge is -2.29. The molecule has 3 heterocycles. The molecule has 28 heavy (non-hydrogen) atoms. The van der Waals surface area contributed by atoms with Crippen LogP contribution in [0.2, 0.25) is 5.02 Å². The highest BCUT2D eigenvalue weighted by molar-refractivity contribution is 14.0. The molecule has 8 heteroatoms. The van der Waals surface area contributed by atoms with Crippen LogP contribution in [0.3, 0.4) is 0 Å². The third kappa shape index (κ3) is 6.91. The van der Waals surface area contributed by atoms with E-state index in [0.29, 0.717) is 17.0 Å². The zero-order valence-electron chi connectivity index (χ0n) is 17.0. The van der Waals surface area contributed by atoms with Crippen LogP contribution in [0.15, 0.2) is 23.3 Å². The highest BCUT2D eigenvalue weighted by Crippen LogP contribution is 2.25. The molecule has 2 aliphatic heterocycles. The second-order valence-electron chi connectivity index (χ2n) is 7.80. The van der Waals surface area contributed by atoms with Gasteiger partial charge < -0.3 is 20.4 Å². The van der Waals surface area contributed by atoms with Crippen molar-refractivity contribution < 1.29 is 0 Å². The smallest absolute Gasteiger partial charge is 0.191 e. The van der Waals surface area contributed by atoms with Crippen LogP contribution in [0.1, 0.15) is 32.6 Å². The van der Waals surface area contributed by atoms with Crippen LogP contribution in [0, 0.1) is 5.92 Å². The number of pyridine rings is 1. The van der Waals surface area contributed by atoms with Crippen molar-refractivity contribution in [1.82, 2.24) is 20.5 Å². The van der Waals surface area contributed by atoms with Gasteiger partial charge in [-0.15, -0.1) is 24.0 Å². The summed E-state index contributed by atoms with van der Waals surface area (Å²) in [6.07, 6.45) is 6.94. The monoisotopic (exact) mass is 520 g/mol. The lowest BCUT2D eigenvalue weighted by atomic mass is 10.1. The van der Waals surface area contributed by atoms with Gasteiger partial charge in [0.25, 0.3) is 0 Å². The van der Waals surface area contributed by atoms with Crippen molar-refractivity contribution in [3.63, 3.8) is 0 Å². The molecule has 1 aromatic rings. The van der Waals surface area contributed by atoms with E-state index in [9.17, 15) is 0 Å². The number of anilines is 1. The van der Waals surface area contributed by atoms with Gasteiger partial charge in [-0.05, 0) is 50.4 Å². The average Bonchev–Trinajstić information content (AvgIpc) is 3.14. The van der Waals surface area contributed by atoms with E-state index >= 15 is 0 Å². The van der Waals surface area contributed by atoms with Gasteiger partial charge in [-0.3, -0.25) is 4.99 Å². The maximum Gasteiger partial charge on any atom is 0.191 e. The van der Waals surface area contributed by atoms with Crippen molar-refractivity contribution in [1.29, 1.82) is 0 Å². The molecular weight excluding hydrogens is 487 g/mol. The molecule has 2 fully saturated rings. The van der Waals surface area contributed by atoms with E-state index in [2.05, 4.69) is 37.3 Å². The summed E-state index contributed by atoms with van der Waals surface area (Å²) in [4.78, 5) is 13.7. The minimum absolute atomic E-state index is 0. The maximum atomic E-state index is 6.28. The van der Waals surface area contributed by atoms with Crippen molar-refractivity contribution in [2.45, 2.75) is 38.6 Å². The first-order valence-electron chi connectivity index (χ1n) is 10.2. The molecule has 0 bridgehead atoms. The Morgan fingerprint density at radius 2 is 2.11 bits per heavy atom. The van der Waals surface area contributed by atoms with E-state index in [1.807, 2.05) is 19.2 Å². The number of halogens is 2. The van der Waals surface area contributed by atoms with Crippen LogP contribution in [0.5, 0.6) is 0 Å². The van der Waals surface area contributed by atoms with Gasteiger partial charge in [0.15, 0.2) is 5.96 Å². The van der Waals surface area contributed by atoms with Crippen LogP contribution in [0.25, 0.3) is 0 Å². The van der Waals surface area contributed by atoms with Crippen LogP contribution in [0.4, 0.5) is 5.82 Å². The molecule has 2 unspecified atom stereocenters. The summed E-state index contributed by atoms with van der Waals surface area (Å²) < 4.78 is 0. The van der Waals surface area contributed by atoms with Crippen molar-refractivity contribution in [2.75, 3.05) is 51.2 Å². The van der Waals surface area contributed by atoms with Gasteiger partial charge in [0.1, 0.15) is 5.82 Å². The third-order valence-corrected chi connectivity index (χ3v) is 5.72. The van der Waals surface area contributed by atoms with Gasteiger partial charge in [0, 0.05) is 45.5 Å². The molecule has 0 radical (unpaired) electrons. The molecule has 2 saturated heterocycles. The maximum absolute atomic E-state index is 6.28. The van der Waals surface area contributed by atoms with E-state index < -0.39 is 0 Å². The molecule has 0 aromatic carbocycles. The van der Waals surface area contributed by atoms with E-state index in [0.717, 1.165) is 37.8 Å². The van der Waals surface area contributed by atoms with Crippen molar-refractivity contribution in [2.24, 2.45) is 10.9 Å². The lowest BCUT2D eigenvalue weighted by molar-refractivity contribution is 0.201. The van der Waals surface area contributed by atoms with Gasteiger partial charge in [-0.1, -0.05) is 24.9 Å². The highest BCUT2D eigenvalue weighted by atomic mass is 127. The quantitative estimate of drug-likeness (QED) is 0.343. The largest absolute Gasteiger partial charge is 0.356 e. The molecule has 0 amide bonds. The standard InChI is InChI=1S/C20H33ClN6.HI/c1-16(14-26-10-4-3-5-11-26)13-24-20(22-2)25-17-8-12-27(15-17)19-18(21)7-6-9-23-19;/h6-7,9,16-17H,3-5,8,10-15H2,1-2H3,(H2,22,24,25);1H. The van der Waals surface area contributed by atoms with Gasteiger partial charge in [-0.25, -0.2) is 4.98 Å². The average molecular weight is 521 g/mol. The first kappa shape index (κ1) is 23.5. The van der Waals surface area contributed by atoms with Gasteiger partial charge in [0.05, 0.1) is 5.02 Å². The molecule has 1 aromatic heterocycles. The summed E-state index contributed by atoms with van der Waals surface area (Å²) in [5.41, 5.74) is 0. The fourth-order valence-corrected chi connectivity index (χ4v) is 4.23. The second-order valence-corrected chi connectivity index (χ2v) is 8.21. The summed E-state index contributed by atoms with van der Waals surface area (Å²) in [5.74, 6) is 2.37. The van der Waals surface area contributed by atoms with Crippen LogP contribution in [-0.4, -0.2) is 68.2 Å². The van der Waals surface area contributed by atoms with E-state index in [1.54, 1.807) is 6.20 Å². The number of rotatable bonds is 6. The number of aromatic nitrogens is 1. The number of aliphatic imine (C=N–C) groups is 1. The molecule has 2 atom stereocenters. The topological polar surface area (TPSA) is 55.8 Å². The predicted molar refractivity (Wildman–Crippen MR) is 129 cm³/mol. The summed E-state index contributed by atoms with van der Waals surface area (Å²) in [5, 5.41) is 7.78. The Morgan fingerprint density at radius 3 is 2.82 bits per heavy atom. The van der Waals surface area contributed by atoms with Crippen molar-refractivity contribution >= 4 is 47.4 Å². The molecule has 158 valence electrons. The molecule has 3 rings (SSSR count). The molecule has 2 aliphatic rings. The minimum atomic E-state index is 0. The first-order valence-corrected chi connectivity index (χ1v) is 10.6. The van der Waals surface area contributed by atoms with Gasteiger partial charge in [0.2, 0.25) is 0 Å². The van der Waals surface area contributed by atoms with Crippen LogP contribution < -0.4 is 15.5 Å². The van der Waals surface area contributed by atoms with Crippen LogP contribution >= 0.6 is 35.6 Å². The van der Waals surface area contributed by atoms with E-state index in [1.165, 1.54) is 38.9 Å². The molecule has 0 aliphatic carbocycles. The second kappa shape index (κ2) is 12.0. The Morgan fingerprint density at radius 1 is 1.32 bits per heavy atom. The number of hydrogen-bond donors (Lipinski definition) is 2. The summed E-state index contributed by atoms with van der Waals surface area (Å²) in [6.45, 7) is 8.78. The Balaban J connectivity index is 0.00000280. The molecule has 0 saturated carbocycles. The van der Waals surface area contributed by atoms with Crippen molar-refractivity contribution in [3.05, 3.63) is 23.4 Å². The molecule has 6 nitrogen and oxygen atoms in total. The summed E-state index contributed by atoms with van der Waals surface area (Å²) >= 11 is 6.28. The number of guanidine groups is 1. The van der Waals surface area contributed by atoms with Crippen molar-refractivity contribution in [3.8, 4) is 0 Å². The SMILES string of the molecule is CN=C(NCC(C)CN1CCCCC1)NC1CCN(c2ncccc2Cl)C1.I. The zero-order valence-corrected chi connectivity index (χ0v) is 20.1. The number of likely N-dealkylation sites (tertiary alicyclic amines) is 1. The fourth-order valence-electron chi connectivity index (χ4n) is 3.99. The summed E-state index contributed by atoms with van der Waals surface area (Å²) in [7, 11) is 1.84. The number of nitrogens with one attached hydrogen (secondary N) is 2. The van der Waals surface area contributed by atoms with Gasteiger partial charge >= 0.3 is 0 Å². The minimum Gasteiger partial charge on any atom is -0.356 e. The summed E-state index contributed by atoms with van der Waals surface area (Å²) in [6, 6.07) is 4.12. The number of piperidine rings is 1.